The van der Waals surface area contributed by atoms with Crippen LogP contribution in [-0.4, -0.2) is 43.2 Å². The third kappa shape index (κ3) is 4.96. The Kier molecular flexibility index (Phi) is 6.73. The number of hydrogen-bond donors (Lipinski definition) is 1. The van der Waals surface area contributed by atoms with Gasteiger partial charge in [0.25, 0.3) is 0 Å². The molecule has 0 radical (unpaired) electrons. The third-order valence-corrected chi connectivity index (χ3v) is 7.87. The van der Waals surface area contributed by atoms with E-state index in [2.05, 4.69) is 5.32 Å². The molecule has 0 saturated carbocycles. The molecule has 1 fully saturated rings. The van der Waals surface area contributed by atoms with Gasteiger partial charge in [-0.15, -0.1) is 0 Å². The van der Waals surface area contributed by atoms with Gasteiger partial charge in [-0.05, 0) is 55.8 Å². The smallest absolute Gasteiger partial charge is 0.247 e. The Morgan fingerprint density at radius 1 is 1.00 bits per heavy atom. The number of halogens is 1. The molecule has 0 spiro atoms. The van der Waals surface area contributed by atoms with E-state index in [-0.39, 0.29) is 18.0 Å². The van der Waals surface area contributed by atoms with Crippen molar-refractivity contribution >= 4 is 27.5 Å². The van der Waals surface area contributed by atoms with Crippen LogP contribution in [0.2, 0.25) is 0 Å². The van der Waals surface area contributed by atoms with E-state index in [0.717, 1.165) is 9.87 Å². The largest absolute Gasteiger partial charge is 0.350 e. The van der Waals surface area contributed by atoms with Crippen LogP contribution in [0.1, 0.15) is 18.1 Å². The first kappa shape index (κ1) is 24.6. The summed E-state index contributed by atoms with van der Waals surface area (Å²) < 4.78 is 41.0. The van der Waals surface area contributed by atoms with Crippen LogP contribution in [0.4, 0.5) is 10.1 Å². The summed E-state index contributed by atoms with van der Waals surface area (Å²) in [6.07, 6.45) is 0. The van der Waals surface area contributed by atoms with Gasteiger partial charge < -0.3 is 5.32 Å². The number of carbonyl (C=O) groups is 2. The van der Waals surface area contributed by atoms with Gasteiger partial charge in [0.1, 0.15) is 11.4 Å². The molecule has 7 nitrogen and oxygen atoms in total. The van der Waals surface area contributed by atoms with Gasteiger partial charge in [-0.1, -0.05) is 48.0 Å². The molecule has 9 heteroatoms. The Morgan fingerprint density at radius 3 is 2.26 bits per heavy atom. The van der Waals surface area contributed by atoms with E-state index in [1.165, 1.54) is 29.2 Å². The number of sulfonamides is 1. The van der Waals surface area contributed by atoms with E-state index < -0.39 is 39.7 Å². The zero-order valence-electron chi connectivity index (χ0n) is 19.4. The number of rotatable bonds is 6. The Balaban J connectivity index is 1.69. The zero-order valence-corrected chi connectivity index (χ0v) is 20.3. The molecular weight excluding hydrogens is 469 g/mol. The van der Waals surface area contributed by atoms with Crippen molar-refractivity contribution in [1.29, 1.82) is 0 Å². The molecular formula is C26H26FN3O4S. The fourth-order valence-electron chi connectivity index (χ4n) is 4.15. The summed E-state index contributed by atoms with van der Waals surface area (Å²) in [4.78, 5) is 28.4. The van der Waals surface area contributed by atoms with Crippen molar-refractivity contribution in [2.75, 3.05) is 18.0 Å². The van der Waals surface area contributed by atoms with E-state index in [9.17, 15) is 22.4 Å². The summed E-state index contributed by atoms with van der Waals surface area (Å²) >= 11 is 0. The normalized spacial score (nSPS) is 18.9. The van der Waals surface area contributed by atoms with Gasteiger partial charge in [-0.3, -0.25) is 14.5 Å². The first-order valence-corrected chi connectivity index (χ1v) is 12.5. The minimum absolute atomic E-state index is 0.0469. The lowest BCUT2D eigenvalue weighted by atomic mass is 9.94. The van der Waals surface area contributed by atoms with E-state index in [0.29, 0.717) is 11.3 Å². The summed E-state index contributed by atoms with van der Waals surface area (Å²) in [5, 5.41) is 2.80. The van der Waals surface area contributed by atoms with Gasteiger partial charge in [-0.25, -0.2) is 12.8 Å². The van der Waals surface area contributed by atoms with E-state index in [4.69, 9.17) is 0 Å². The lowest BCUT2D eigenvalue weighted by Crippen LogP contribution is -2.70. The standard InChI is InChI=1S/C26H26FN3O4S/c1-19-8-14-22(15-9-19)30-24(31)17-29(35(33,34)23-6-4-3-5-7-23)18-26(30,2)25(32)28-16-20-10-12-21(27)13-11-20/h3-15H,16-18H2,1-2H3,(H,28,32)/t26-/m1/s1. The SMILES string of the molecule is Cc1ccc(N2C(=O)CN(S(=O)(=O)c3ccccc3)C[C@]2(C)C(=O)NCc2ccc(F)cc2)cc1. The van der Waals surface area contributed by atoms with E-state index in [1.54, 1.807) is 49.4 Å². The molecule has 2 amide bonds. The number of piperazine rings is 1. The molecule has 3 aromatic rings. The molecule has 0 unspecified atom stereocenters. The maximum Gasteiger partial charge on any atom is 0.247 e. The molecule has 0 bridgehead atoms. The second kappa shape index (κ2) is 9.59. The van der Waals surface area contributed by atoms with Crippen LogP contribution in [0.5, 0.6) is 0 Å². The quantitative estimate of drug-likeness (QED) is 0.569. The number of benzene rings is 3. The molecule has 4 rings (SSSR count). The number of nitrogens with zero attached hydrogens (tertiary/aromatic N) is 2. The van der Waals surface area contributed by atoms with Crippen LogP contribution < -0.4 is 10.2 Å². The summed E-state index contributed by atoms with van der Waals surface area (Å²) in [5.41, 5.74) is 0.610. The fraction of sp³-hybridized carbons (Fsp3) is 0.231. The van der Waals surface area contributed by atoms with Gasteiger partial charge in [0.2, 0.25) is 21.8 Å². The van der Waals surface area contributed by atoms with Crippen LogP contribution in [0.15, 0.2) is 83.8 Å². The van der Waals surface area contributed by atoms with Crippen LogP contribution in [0.25, 0.3) is 0 Å². The molecule has 0 aliphatic carbocycles. The van der Waals surface area contributed by atoms with Gasteiger partial charge in [-0.2, -0.15) is 4.31 Å². The maximum atomic E-state index is 13.6. The summed E-state index contributed by atoms with van der Waals surface area (Å²) in [6.45, 7) is 2.92. The van der Waals surface area contributed by atoms with Crippen molar-refractivity contribution < 1.29 is 22.4 Å². The van der Waals surface area contributed by atoms with Crippen LogP contribution in [-0.2, 0) is 26.2 Å². The van der Waals surface area contributed by atoms with Crippen molar-refractivity contribution in [3.8, 4) is 0 Å². The Hall–Kier alpha value is -3.56. The zero-order chi connectivity index (χ0) is 25.2. The van der Waals surface area contributed by atoms with Crippen LogP contribution in [0, 0.1) is 12.7 Å². The first-order chi connectivity index (χ1) is 16.6. The highest BCUT2D eigenvalue weighted by Gasteiger charge is 2.51. The predicted octanol–water partition coefficient (Wildman–Crippen LogP) is 3.25. The molecule has 1 aliphatic heterocycles. The maximum absolute atomic E-state index is 13.6. The van der Waals surface area contributed by atoms with E-state index in [1.807, 2.05) is 19.1 Å². The average Bonchev–Trinajstić information content (AvgIpc) is 2.84. The molecule has 1 aliphatic rings. The molecule has 1 atom stereocenters. The Morgan fingerprint density at radius 2 is 1.63 bits per heavy atom. The lowest BCUT2D eigenvalue weighted by molar-refractivity contribution is -0.133. The van der Waals surface area contributed by atoms with Gasteiger partial charge in [0, 0.05) is 18.8 Å². The Labute approximate surface area is 204 Å². The monoisotopic (exact) mass is 495 g/mol. The minimum Gasteiger partial charge on any atom is -0.350 e. The molecule has 0 aromatic heterocycles. The van der Waals surface area contributed by atoms with E-state index >= 15 is 0 Å². The fourth-order valence-corrected chi connectivity index (χ4v) is 5.65. The number of aryl methyl sites for hydroxylation is 1. The molecule has 1 saturated heterocycles. The van der Waals surface area contributed by atoms with Crippen molar-refractivity contribution in [3.05, 3.63) is 95.8 Å². The number of hydrogen-bond acceptors (Lipinski definition) is 4. The summed E-state index contributed by atoms with van der Waals surface area (Å²) in [5.74, 6) is -1.43. The van der Waals surface area contributed by atoms with Crippen molar-refractivity contribution in [2.24, 2.45) is 0 Å². The highest BCUT2D eigenvalue weighted by Crippen LogP contribution is 2.32. The second-order valence-electron chi connectivity index (χ2n) is 8.73. The van der Waals surface area contributed by atoms with Crippen LogP contribution in [0.3, 0.4) is 0 Å². The van der Waals surface area contributed by atoms with Crippen LogP contribution >= 0.6 is 0 Å². The van der Waals surface area contributed by atoms with Crippen molar-refractivity contribution in [3.63, 3.8) is 0 Å². The average molecular weight is 496 g/mol. The topological polar surface area (TPSA) is 86.8 Å². The third-order valence-electron chi connectivity index (χ3n) is 6.07. The minimum atomic E-state index is -4.02. The molecule has 182 valence electrons. The first-order valence-electron chi connectivity index (χ1n) is 11.1. The lowest BCUT2D eigenvalue weighted by Gasteiger charge is -2.46. The number of anilines is 1. The second-order valence-corrected chi connectivity index (χ2v) is 10.7. The summed E-state index contributed by atoms with van der Waals surface area (Å²) in [6, 6.07) is 20.6. The highest BCUT2D eigenvalue weighted by atomic mass is 32.2. The molecule has 3 aromatic carbocycles. The number of carbonyl (C=O) groups excluding carboxylic acids is 2. The predicted molar refractivity (Wildman–Crippen MR) is 131 cm³/mol. The highest BCUT2D eigenvalue weighted by molar-refractivity contribution is 7.89. The number of amides is 2. The molecule has 1 heterocycles. The van der Waals surface area contributed by atoms with Gasteiger partial charge in [0.05, 0.1) is 11.4 Å². The van der Waals surface area contributed by atoms with Crippen molar-refractivity contribution in [1.82, 2.24) is 9.62 Å². The molecule has 1 N–H and O–H groups in total. The Bertz CT molecular complexity index is 1330. The van der Waals surface area contributed by atoms with Crippen molar-refractivity contribution in [2.45, 2.75) is 30.8 Å². The number of nitrogens with one attached hydrogen (secondary N) is 1. The summed E-state index contributed by atoms with van der Waals surface area (Å²) in [7, 11) is -4.02. The van der Waals surface area contributed by atoms with Gasteiger partial charge >= 0.3 is 0 Å². The molecule has 35 heavy (non-hydrogen) atoms. The van der Waals surface area contributed by atoms with Gasteiger partial charge in [0.15, 0.2) is 0 Å².